The molecule has 2 fully saturated rings. The van der Waals surface area contributed by atoms with Gasteiger partial charge in [0.05, 0.1) is 12.1 Å². The third kappa shape index (κ3) is 3.25. The second-order valence-corrected chi connectivity index (χ2v) is 6.30. The van der Waals surface area contributed by atoms with Crippen molar-refractivity contribution in [3.63, 3.8) is 0 Å². The highest BCUT2D eigenvalue weighted by atomic mass is 16.3. The lowest BCUT2D eigenvalue weighted by molar-refractivity contribution is 0.1000. The monoisotopic (exact) mass is 254 g/mol. The predicted molar refractivity (Wildman–Crippen MR) is 75.7 cm³/mol. The van der Waals surface area contributed by atoms with Gasteiger partial charge in [-0.3, -0.25) is 0 Å². The van der Waals surface area contributed by atoms with E-state index >= 15 is 0 Å². The van der Waals surface area contributed by atoms with Gasteiger partial charge in [-0.2, -0.15) is 0 Å². The summed E-state index contributed by atoms with van der Waals surface area (Å²) < 4.78 is 0. The molecule has 1 saturated carbocycles. The van der Waals surface area contributed by atoms with E-state index in [1.165, 1.54) is 45.2 Å². The normalized spacial score (nSPS) is 28.5. The van der Waals surface area contributed by atoms with Crippen LogP contribution in [0.3, 0.4) is 0 Å². The highest BCUT2D eigenvalue weighted by molar-refractivity contribution is 5.03. The van der Waals surface area contributed by atoms with Gasteiger partial charge in [-0.1, -0.05) is 20.3 Å². The van der Waals surface area contributed by atoms with Crippen LogP contribution in [-0.4, -0.2) is 48.3 Å². The number of hydrogen-bond acceptors (Lipinski definition) is 3. The molecule has 2 aliphatic rings. The summed E-state index contributed by atoms with van der Waals surface area (Å²) in [5, 5.41) is 13.4. The van der Waals surface area contributed by atoms with Crippen molar-refractivity contribution >= 4 is 0 Å². The van der Waals surface area contributed by atoms with Crippen molar-refractivity contribution in [1.29, 1.82) is 0 Å². The summed E-state index contributed by atoms with van der Waals surface area (Å²) in [4.78, 5) is 2.58. The molecular formula is C15H30N2O. The molecule has 1 heterocycles. The van der Waals surface area contributed by atoms with Crippen molar-refractivity contribution < 1.29 is 5.11 Å². The van der Waals surface area contributed by atoms with E-state index in [1.807, 2.05) is 0 Å². The smallest absolute Gasteiger partial charge is 0.0628 e. The fraction of sp³-hybridized carbons (Fsp3) is 1.00. The Morgan fingerprint density at radius 1 is 1.28 bits per heavy atom. The van der Waals surface area contributed by atoms with Gasteiger partial charge in [-0.05, 0) is 50.6 Å². The summed E-state index contributed by atoms with van der Waals surface area (Å²) in [7, 11) is 0. The molecule has 3 nitrogen and oxygen atoms in total. The predicted octanol–water partition coefficient (Wildman–Crippen LogP) is 1.86. The van der Waals surface area contributed by atoms with Gasteiger partial charge >= 0.3 is 0 Å². The van der Waals surface area contributed by atoms with Crippen LogP contribution in [0.5, 0.6) is 0 Å². The van der Waals surface area contributed by atoms with Crippen LogP contribution in [0.25, 0.3) is 0 Å². The van der Waals surface area contributed by atoms with Crippen LogP contribution in [-0.2, 0) is 0 Å². The fourth-order valence-electron chi connectivity index (χ4n) is 3.65. The van der Waals surface area contributed by atoms with Crippen molar-refractivity contribution in [3.8, 4) is 0 Å². The Labute approximate surface area is 112 Å². The first-order valence-corrected chi connectivity index (χ1v) is 7.82. The first kappa shape index (κ1) is 14.3. The number of hydrogen-bond donors (Lipinski definition) is 2. The molecule has 0 spiro atoms. The third-order valence-corrected chi connectivity index (χ3v) is 4.74. The van der Waals surface area contributed by atoms with Gasteiger partial charge in [0.15, 0.2) is 0 Å². The minimum absolute atomic E-state index is 0.0180. The average Bonchev–Trinajstić information content (AvgIpc) is 3.13. The van der Waals surface area contributed by atoms with Gasteiger partial charge in [0.2, 0.25) is 0 Å². The molecular weight excluding hydrogens is 224 g/mol. The Morgan fingerprint density at radius 2 is 2.06 bits per heavy atom. The van der Waals surface area contributed by atoms with Gasteiger partial charge < -0.3 is 15.3 Å². The van der Waals surface area contributed by atoms with E-state index in [-0.39, 0.29) is 5.54 Å². The number of likely N-dealkylation sites (N-methyl/N-ethyl adjacent to an activating group) is 1. The van der Waals surface area contributed by atoms with E-state index < -0.39 is 0 Å². The highest BCUT2D eigenvalue weighted by Gasteiger charge is 2.45. The maximum absolute atomic E-state index is 9.86. The number of nitrogens with one attached hydrogen (secondary N) is 1. The lowest BCUT2D eigenvalue weighted by atomic mass is 9.93. The van der Waals surface area contributed by atoms with Crippen LogP contribution in [0, 0.1) is 11.8 Å². The van der Waals surface area contributed by atoms with Crippen molar-refractivity contribution in [1.82, 2.24) is 10.2 Å². The van der Waals surface area contributed by atoms with Gasteiger partial charge in [0, 0.05) is 13.1 Å². The molecule has 2 unspecified atom stereocenters. The molecule has 1 aliphatic carbocycles. The average molecular weight is 254 g/mol. The lowest BCUT2D eigenvalue weighted by Gasteiger charge is -2.37. The molecule has 0 amide bonds. The number of aliphatic hydroxyl groups excluding tert-OH is 1. The summed E-state index contributed by atoms with van der Waals surface area (Å²) in [6.07, 6.45) is 6.61. The molecule has 3 heteroatoms. The highest BCUT2D eigenvalue weighted by Crippen LogP contribution is 2.40. The van der Waals surface area contributed by atoms with Crippen LogP contribution in [0.1, 0.15) is 46.0 Å². The zero-order valence-electron chi connectivity index (χ0n) is 12.1. The van der Waals surface area contributed by atoms with Crippen LogP contribution >= 0.6 is 0 Å². The molecule has 2 N–H and O–H groups in total. The molecule has 0 radical (unpaired) electrons. The molecule has 106 valence electrons. The Kier molecular flexibility index (Phi) is 5.05. The topological polar surface area (TPSA) is 35.5 Å². The molecule has 1 saturated heterocycles. The number of aliphatic hydroxyl groups is 1. The maximum atomic E-state index is 9.86. The minimum atomic E-state index is -0.0180. The van der Waals surface area contributed by atoms with Gasteiger partial charge in [-0.25, -0.2) is 0 Å². The summed E-state index contributed by atoms with van der Waals surface area (Å²) >= 11 is 0. The summed E-state index contributed by atoms with van der Waals surface area (Å²) in [6.45, 7) is 9.20. The van der Waals surface area contributed by atoms with Crippen molar-refractivity contribution in [2.24, 2.45) is 11.8 Å². The molecule has 1 aliphatic heterocycles. The number of nitrogens with zero attached hydrogens (tertiary/aromatic N) is 1. The van der Waals surface area contributed by atoms with E-state index in [4.69, 9.17) is 0 Å². The van der Waals surface area contributed by atoms with Crippen LogP contribution in [0.15, 0.2) is 0 Å². The second kappa shape index (κ2) is 6.36. The van der Waals surface area contributed by atoms with E-state index in [1.54, 1.807) is 0 Å². The van der Waals surface area contributed by atoms with Crippen molar-refractivity contribution in [2.75, 3.05) is 32.8 Å². The second-order valence-electron chi connectivity index (χ2n) is 6.30. The first-order chi connectivity index (χ1) is 8.74. The largest absolute Gasteiger partial charge is 0.394 e. The Balaban J connectivity index is 1.89. The third-order valence-electron chi connectivity index (χ3n) is 4.74. The van der Waals surface area contributed by atoms with E-state index in [2.05, 4.69) is 24.1 Å². The quantitative estimate of drug-likeness (QED) is 0.694. The zero-order valence-corrected chi connectivity index (χ0v) is 12.1. The molecule has 0 aromatic carbocycles. The number of likely N-dealkylation sites (tertiary alicyclic amines) is 1. The molecule has 0 bridgehead atoms. The Bertz CT molecular complexity index is 255. The Morgan fingerprint density at radius 3 is 2.61 bits per heavy atom. The molecule has 0 aromatic heterocycles. The van der Waals surface area contributed by atoms with Crippen molar-refractivity contribution in [3.05, 3.63) is 0 Å². The van der Waals surface area contributed by atoms with Crippen LogP contribution in [0.4, 0.5) is 0 Å². The first-order valence-electron chi connectivity index (χ1n) is 7.82. The standard InChI is InChI=1S/C15H30N2O/c1-3-5-13-8-9-17(10-13)11-15(12-18,16-4-2)14-6-7-14/h13-14,16,18H,3-12H2,1-2H3. The van der Waals surface area contributed by atoms with E-state index in [0.29, 0.717) is 12.5 Å². The Hall–Kier alpha value is -0.120. The van der Waals surface area contributed by atoms with E-state index in [9.17, 15) is 5.11 Å². The van der Waals surface area contributed by atoms with Gasteiger partial charge in [0.1, 0.15) is 0 Å². The summed E-state index contributed by atoms with van der Waals surface area (Å²) in [5.41, 5.74) is -0.0180. The summed E-state index contributed by atoms with van der Waals surface area (Å²) in [5.74, 6) is 1.60. The molecule has 2 atom stereocenters. The number of rotatable bonds is 8. The summed E-state index contributed by atoms with van der Waals surface area (Å²) in [6, 6.07) is 0. The fourth-order valence-corrected chi connectivity index (χ4v) is 3.65. The lowest BCUT2D eigenvalue weighted by Crippen LogP contribution is -2.57. The van der Waals surface area contributed by atoms with Crippen LogP contribution in [0.2, 0.25) is 0 Å². The van der Waals surface area contributed by atoms with Crippen LogP contribution < -0.4 is 5.32 Å². The van der Waals surface area contributed by atoms with Gasteiger partial charge in [0.25, 0.3) is 0 Å². The SMILES string of the molecule is CCCC1CCN(CC(CO)(NCC)C2CC2)C1. The van der Waals surface area contributed by atoms with E-state index in [0.717, 1.165) is 19.0 Å². The molecule has 2 rings (SSSR count). The minimum Gasteiger partial charge on any atom is -0.394 e. The zero-order chi connectivity index (χ0) is 13.0. The van der Waals surface area contributed by atoms with Crippen molar-refractivity contribution in [2.45, 2.75) is 51.5 Å². The molecule has 0 aromatic rings. The maximum Gasteiger partial charge on any atom is 0.0628 e. The van der Waals surface area contributed by atoms with Gasteiger partial charge in [-0.15, -0.1) is 0 Å². The molecule has 18 heavy (non-hydrogen) atoms.